The van der Waals surface area contributed by atoms with E-state index >= 15 is 0 Å². The van der Waals surface area contributed by atoms with E-state index in [1.54, 1.807) is 6.20 Å². The molecule has 1 saturated carbocycles. The first kappa shape index (κ1) is 15.3. The van der Waals surface area contributed by atoms with Gasteiger partial charge in [-0.3, -0.25) is 4.90 Å². The Morgan fingerprint density at radius 1 is 1.20 bits per heavy atom. The first-order chi connectivity index (χ1) is 12.3. The Labute approximate surface area is 151 Å². The lowest BCUT2D eigenvalue weighted by atomic mass is 10.0. The fourth-order valence-electron chi connectivity index (χ4n) is 4.27. The maximum absolute atomic E-state index is 9.30. The van der Waals surface area contributed by atoms with E-state index in [-0.39, 0.29) is 0 Å². The summed E-state index contributed by atoms with van der Waals surface area (Å²) in [5.41, 5.74) is 1.94. The first-order valence-electron chi connectivity index (χ1n) is 9.07. The second-order valence-electron chi connectivity index (χ2n) is 7.56. The summed E-state index contributed by atoms with van der Waals surface area (Å²) in [4.78, 5) is 14.1. The van der Waals surface area contributed by atoms with Crippen molar-refractivity contribution in [1.29, 1.82) is 5.26 Å². The molecule has 2 aromatic rings. The van der Waals surface area contributed by atoms with Crippen LogP contribution in [0.5, 0.6) is 0 Å². The fraction of sp³-hybridized carbons (Fsp3) is 0.526. The monoisotopic (exact) mass is 351 g/mol. The third-order valence-corrected chi connectivity index (χ3v) is 6.71. The van der Waals surface area contributed by atoms with Crippen molar-refractivity contribution in [3.05, 3.63) is 40.0 Å². The molecule has 128 valence electrons. The van der Waals surface area contributed by atoms with Crippen LogP contribution in [0.15, 0.2) is 23.7 Å². The van der Waals surface area contributed by atoms with Gasteiger partial charge in [0.05, 0.1) is 16.3 Å². The summed E-state index contributed by atoms with van der Waals surface area (Å²) in [5, 5.41) is 12.9. The number of anilines is 1. The second-order valence-corrected chi connectivity index (χ2v) is 8.45. The summed E-state index contributed by atoms with van der Waals surface area (Å²) in [5.74, 6) is 2.97. The quantitative estimate of drug-likeness (QED) is 0.848. The Balaban J connectivity index is 1.22. The zero-order valence-corrected chi connectivity index (χ0v) is 15.0. The van der Waals surface area contributed by atoms with Gasteiger partial charge in [0.25, 0.3) is 0 Å². The van der Waals surface area contributed by atoms with Crippen LogP contribution in [0.25, 0.3) is 0 Å². The number of nitrogens with zero attached hydrogens (tertiary/aromatic N) is 5. The normalized spacial score (nSPS) is 26.0. The molecule has 2 saturated heterocycles. The van der Waals surface area contributed by atoms with Crippen molar-refractivity contribution in [2.24, 2.45) is 11.8 Å². The van der Waals surface area contributed by atoms with Gasteiger partial charge < -0.3 is 4.90 Å². The van der Waals surface area contributed by atoms with Crippen molar-refractivity contribution in [2.75, 3.05) is 31.1 Å². The summed E-state index contributed by atoms with van der Waals surface area (Å²) in [6, 6.07) is 5.98. The molecule has 5 rings (SSSR count). The third kappa shape index (κ3) is 2.92. The van der Waals surface area contributed by atoms with Gasteiger partial charge >= 0.3 is 0 Å². The van der Waals surface area contributed by atoms with Gasteiger partial charge in [0, 0.05) is 50.2 Å². The van der Waals surface area contributed by atoms with Gasteiger partial charge in [-0.05, 0) is 36.8 Å². The summed E-state index contributed by atoms with van der Waals surface area (Å²) >= 11 is 1.84. The van der Waals surface area contributed by atoms with E-state index < -0.39 is 0 Å². The van der Waals surface area contributed by atoms with Crippen molar-refractivity contribution in [3.63, 3.8) is 0 Å². The summed E-state index contributed by atoms with van der Waals surface area (Å²) in [6.45, 7) is 5.27. The predicted octanol–water partition coefficient (Wildman–Crippen LogP) is 2.86. The largest absolute Gasteiger partial charge is 0.355 e. The Morgan fingerprint density at radius 3 is 2.72 bits per heavy atom. The van der Waals surface area contributed by atoms with E-state index in [4.69, 9.17) is 4.98 Å². The molecular weight excluding hydrogens is 330 g/mol. The number of hydrogen-bond acceptors (Lipinski definition) is 6. The smallest absolute Gasteiger partial charge is 0.146 e. The molecule has 5 nitrogen and oxygen atoms in total. The Kier molecular flexibility index (Phi) is 3.72. The van der Waals surface area contributed by atoms with Crippen molar-refractivity contribution in [2.45, 2.75) is 25.3 Å². The van der Waals surface area contributed by atoms with Crippen LogP contribution in [0.3, 0.4) is 0 Å². The van der Waals surface area contributed by atoms with Crippen LogP contribution < -0.4 is 4.90 Å². The fourth-order valence-corrected chi connectivity index (χ4v) is 5.25. The highest BCUT2D eigenvalue weighted by Gasteiger charge is 2.41. The van der Waals surface area contributed by atoms with Gasteiger partial charge in [-0.15, -0.1) is 11.3 Å². The number of nitriles is 1. The second kappa shape index (κ2) is 6.08. The van der Waals surface area contributed by atoms with Gasteiger partial charge in [0.2, 0.25) is 0 Å². The Hall–Kier alpha value is -1.97. The predicted molar refractivity (Wildman–Crippen MR) is 97.5 cm³/mol. The van der Waals surface area contributed by atoms with E-state index in [1.165, 1.54) is 23.5 Å². The van der Waals surface area contributed by atoms with Gasteiger partial charge in [-0.25, -0.2) is 9.97 Å². The third-order valence-electron chi connectivity index (χ3n) is 5.65. The van der Waals surface area contributed by atoms with Crippen LogP contribution in [0.2, 0.25) is 0 Å². The Bertz CT molecular complexity index is 807. The van der Waals surface area contributed by atoms with Crippen LogP contribution in [-0.2, 0) is 6.54 Å². The lowest BCUT2D eigenvalue weighted by Gasteiger charge is -2.22. The number of likely N-dealkylation sites (tertiary alicyclic amines) is 1. The number of fused-ring (bicyclic) bond motifs is 1. The average molecular weight is 351 g/mol. The number of rotatable bonds is 4. The maximum atomic E-state index is 9.30. The summed E-state index contributed by atoms with van der Waals surface area (Å²) < 4.78 is 0. The van der Waals surface area contributed by atoms with E-state index in [0.29, 0.717) is 17.4 Å². The molecule has 2 aliphatic heterocycles. The molecule has 0 bridgehead atoms. The molecule has 0 radical (unpaired) electrons. The zero-order valence-electron chi connectivity index (χ0n) is 14.1. The van der Waals surface area contributed by atoms with Crippen molar-refractivity contribution in [3.8, 4) is 6.07 Å². The molecule has 2 aromatic heterocycles. The Morgan fingerprint density at radius 2 is 2.00 bits per heavy atom. The minimum Gasteiger partial charge on any atom is -0.355 e. The van der Waals surface area contributed by atoms with E-state index in [2.05, 4.69) is 26.2 Å². The first-order valence-corrected chi connectivity index (χ1v) is 9.95. The minimum absolute atomic E-state index is 0.676. The molecule has 0 aromatic carbocycles. The van der Waals surface area contributed by atoms with Crippen molar-refractivity contribution < 1.29 is 0 Å². The molecule has 0 amide bonds. The summed E-state index contributed by atoms with van der Waals surface area (Å²) in [6.07, 6.45) is 4.44. The van der Waals surface area contributed by atoms with Crippen LogP contribution >= 0.6 is 11.3 Å². The molecule has 0 N–H and O–H groups in total. The molecular formula is C19H21N5S. The van der Waals surface area contributed by atoms with E-state index in [9.17, 15) is 5.26 Å². The van der Waals surface area contributed by atoms with Crippen LogP contribution in [-0.4, -0.2) is 41.0 Å². The number of pyridine rings is 1. The standard InChI is InChI=1S/C19H21N5S/c20-6-14-2-1-5-21-18(14)24-9-15-7-23(8-16(15)10-24)11-17-12-25-19(22-17)13-3-4-13/h1-2,5,12-13,15-16H,3-4,7-11H2. The highest BCUT2D eigenvalue weighted by molar-refractivity contribution is 7.09. The van der Waals surface area contributed by atoms with Gasteiger partial charge in [0.1, 0.15) is 11.9 Å². The topological polar surface area (TPSA) is 56.1 Å². The highest BCUT2D eigenvalue weighted by Crippen LogP contribution is 2.41. The van der Waals surface area contributed by atoms with E-state index in [1.807, 2.05) is 23.5 Å². The molecule has 0 spiro atoms. The lowest BCUT2D eigenvalue weighted by molar-refractivity contribution is 0.305. The van der Waals surface area contributed by atoms with Crippen LogP contribution in [0, 0.1) is 23.2 Å². The average Bonchev–Trinajstić information content (AvgIpc) is 3.07. The minimum atomic E-state index is 0.676. The van der Waals surface area contributed by atoms with E-state index in [0.717, 1.165) is 44.5 Å². The molecule has 2 atom stereocenters. The lowest BCUT2D eigenvalue weighted by Crippen LogP contribution is -2.29. The molecule has 25 heavy (non-hydrogen) atoms. The molecule has 2 unspecified atom stereocenters. The van der Waals surface area contributed by atoms with Gasteiger partial charge in [0.15, 0.2) is 0 Å². The number of aromatic nitrogens is 2. The summed E-state index contributed by atoms with van der Waals surface area (Å²) in [7, 11) is 0. The van der Waals surface area contributed by atoms with Crippen LogP contribution in [0.1, 0.15) is 35.0 Å². The molecule has 6 heteroatoms. The van der Waals surface area contributed by atoms with Gasteiger partial charge in [-0.2, -0.15) is 5.26 Å². The SMILES string of the molecule is N#Cc1cccnc1N1CC2CN(Cc3csc(C4CC4)n3)CC2C1. The molecule has 3 fully saturated rings. The molecule has 1 aliphatic carbocycles. The molecule has 3 aliphatic rings. The maximum Gasteiger partial charge on any atom is 0.146 e. The van der Waals surface area contributed by atoms with Crippen molar-refractivity contribution >= 4 is 17.2 Å². The number of hydrogen-bond donors (Lipinski definition) is 0. The van der Waals surface area contributed by atoms with Crippen LogP contribution in [0.4, 0.5) is 5.82 Å². The number of thiazole rings is 1. The molecule has 4 heterocycles. The zero-order chi connectivity index (χ0) is 16.8. The van der Waals surface area contributed by atoms with Crippen molar-refractivity contribution in [1.82, 2.24) is 14.9 Å². The van der Waals surface area contributed by atoms with Gasteiger partial charge in [-0.1, -0.05) is 0 Å². The highest BCUT2D eigenvalue weighted by atomic mass is 32.1.